The smallest absolute Gasteiger partial charge is 0.222 e. The zero-order valence-electron chi connectivity index (χ0n) is 8.72. The van der Waals surface area contributed by atoms with E-state index in [-0.39, 0.29) is 16.1 Å². The SMILES string of the molecule is Nc1ncc(Br)c(Nc2cc(Br)c(F)cc2F)n1. The van der Waals surface area contributed by atoms with Gasteiger partial charge in [0, 0.05) is 12.3 Å². The van der Waals surface area contributed by atoms with Crippen LogP contribution in [0, 0.1) is 11.6 Å². The number of rotatable bonds is 2. The molecule has 0 radical (unpaired) electrons. The number of nitrogens with one attached hydrogen (secondary N) is 1. The maximum absolute atomic E-state index is 13.5. The fourth-order valence-electron chi connectivity index (χ4n) is 1.21. The van der Waals surface area contributed by atoms with Crippen LogP contribution < -0.4 is 11.1 Å². The van der Waals surface area contributed by atoms with E-state index in [4.69, 9.17) is 5.73 Å². The van der Waals surface area contributed by atoms with Gasteiger partial charge in [0.25, 0.3) is 0 Å². The van der Waals surface area contributed by atoms with Gasteiger partial charge in [0.1, 0.15) is 17.5 Å². The number of nitrogens with zero attached hydrogens (tertiary/aromatic N) is 2. The predicted molar refractivity (Wildman–Crippen MR) is 71.5 cm³/mol. The van der Waals surface area contributed by atoms with Crippen LogP contribution in [0.2, 0.25) is 0 Å². The Balaban J connectivity index is 2.40. The first-order chi connectivity index (χ1) is 8.47. The molecule has 0 bridgehead atoms. The van der Waals surface area contributed by atoms with Gasteiger partial charge in [-0.2, -0.15) is 4.98 Å². The van der Waals surface area contributed by atoms with Gasteiger partial charge < -0.3 is 11.1 Å². The lowest BCUT2D eigenvalue weighted by molar-refractivity contribution is 0.581. The zero-order valence-corrected chi connectivity index (χ0v) is 11.9. The molecule has 0 fully saturated rings. The molecule has 18 heavy (non-hydrogen) atoms. The Bertz CT molecular complexity index is 607. The second kappa shape index (κ2) is 5.15. The van der Waals surface area contributed by atoms with Crippen molar-refractivity contribution in [3.8, 4) is 0 Å². The van der Waals surface area contributed by atoms with E-state index < -0.39 is 11.6 Å². The van der Waals surface area contributed by atoms with Crippen molar-refractivity contribution >= 4 is 49.3 Å². The van der Waals surface area contributed by atoms with Gasteiger partial charge in [-0.15, -0.1) is 0 Å². The van der Waals surface area contributed by atoms with E-state index in [0.29, 0.717) is 10.3 Å². The maximum atomic E-state index is 13.5. The minimum absolute atomic E-state index is 0.0438. The van der Waals surface area contributed by atoms with Crippen LogP contribution in [0.25, 0.3) is 0 Å². The molecule has 4 nitrogen and oxygen atoms in total. The van der Waals surface area contributed by atoms with Gasteiger partial charge >= 0.3 is 0 Å². The van der Waals surface area contributed by atoms with Crippen LogP contribution in [0.1, 0.15) is 0 Å². The lowest BCUT2D eigenvalue weighted by Crippen LogP contribution is -2.02. The van der Waals surface area contributed by atoms with E-state index in [1.54, 1.807) is 0 Å². The summed E-state index contributed by atoms with van der Waals surface area (Å²) in [6, 6.07) is 2.04. The van der Waals surface area contributed by atoms with Crippen molar-refractivity contribution in [1.82, 2.24) is 9.97 Å². The highest BCUT2D eigenvalue weighted by Gasteiger charge is 2.11. The Labute approximate surface area is 118 Å². The molecule has 0 amide bonds. The summed E-state index contributed by atoms with van der Waals surface area (Å²) < 4.78 is 27.3. The minimum atomic E-state index is -0.736. The normalized spacial score (nSPS) is 10.4. The standard InChI is InChI=1S/C10H6Br2F2N4/c11-4-1-8(7(14)2-6(4)13)17-9-5(12)3-16-10(15)18-9/h1-3H,(H3,15,16,17,18). The van der Waals surface area contributed by atoms with E-state index in [0.717, 1.165) is 6.07 Å². The molecule has 3 N–H and O–H groups in total. The largest absolute Gasteiger partial charge is 0.368 e. The van der Waals surface area contributed by atoms with Crippen LogP contribution in [0.15, 0.2) is 27.3 Å². The summed E-state index contributed by atoms with van der Waals surface area (Å²) in [4.78, 5) is 7.65. The molecule has 1 heterocycles. The van der Waals surface area contributed by atoms with Gasteiger partial charge in [-0.3, -0.25) is 0 Å². The van der Waals surface area contributed by atoms with Crippen molar-refractivity contribution in [1.29, 1.82) is 0 Å². The Morgan fingerprint density at radius 3 is 2.56 bits per heavy atom. The first-order valence-electron chi connectivity index (χ1n) is 4.67. The Kier molecular flexibility index (Phi) is 3.76. The lowest BCUT2D eigenvalue weighted by atomic mass is 10.3. The van der Waals surface area contributed by atoms with Crippen LogP contribution >= 0.6 is 31.9 Å². The highest BCUT2D eigenvalue weighted by molar-refractivity contribution is 9.10. The Morgan fingerprint density at radius 2 is 1.83 bits per heavy atom. The lowest BCUT2D eigenvalue weighted by Gasteiger charge is -2.09. The first-order valence-corrected chi connectivity index (χ1v) is 6.25. The fraction of sp³-hybridized carbons (Fsp3) is 0. The van der Waals surface area contributed by atoms with Crippen LogP contribution in [0.3, 0.4) is 0 Å². The predicted octanol–water partition coefficient (Wildman–Crippen LogP) is 3.61. The van der Waals surface area contributed by atoms with Crippen molar-refractivity contribution in [3.05, 3.63) is 38.9 Å². The number of benzene rings is 1. The summed E-state index contributed by atoms with van der Waals surface area (Å²) >= 11 is 6.17. The number of nitrogen functional groups attached to an aromatic ring is 1. The summed E-state index contributed by atoms with van der Waals surface area (Å²) in [6.45, 7) is 0. The van der Waals surface area contributed by atoms with Gasteiger partial charge in [0.05, 0.1) is 14.6 Å². The third-order valence-electron chi connectivity index (χ3n) is 2.03. The van der Waals surface area contributed by atoms with Gasteiger partial charge in [0.2, 0.25) is 5.95 Å². The van der Waals surface area contributed by atoms with Crippen LogP contribution in [0.4, 0.5) is 26.2 Å². The number of hydrogen-bond acceptors (Lipinski definition) is 4. The molecule has 0 aliphatic heterocycles. The molecule has 0 spiro atoms. The summed E-state index contributed by atoms with van der Waals surface area (Å²) in [7, 11) is 0. The van der Waals surface area contributed by atoms with Crippen LogP contribution in [0.5, 0.6) is 0 Å². The number of aromatic nitrogens is 2. The molecule has 2 rings (SSSR count). The third-order valence-corrected chi connectivity index (χ3v) is 3.21. The Morgan fingerprint density at radius 1 is 1.11 bits per heavy atom. The van der Waals surface area contributed by atoms with Crippen molar-refractivity contribution in [2.24, 2.45) is 0 Å². The topological polar surface area (TPSA) is 63.8 Å². The molecule has 0 atom stereocenters. The third kappa shape index (κ3) is 2.75. The van der Waals surface area contributed by atoms with E-state index in [9.17, 15) is 8.78 Å². The molecule has 8 heteroatoms. The molecule has 1 aromatic heterocycles. The molecule has 0 aliphatic carbocycles. The number of nitrogens with two attached hydrogens (primary N) is 1. The van der Waals surface area contributed by atoms with Crippen LogP contribution in [-0.4, -0.2) is 9.97 Å². The molecule has 0 unspecified atom stereocenters. The summed E-state index contributed by atoms with van der Waals surface area (Å²) in [5.74, 6) is -1.08. The second-order valence-corrected chi connectivity index (χ2v) is 5.00. The molecule has 2 aromatic rings. The van der Waals surface area contributed by atoms with E-state index >= 15 is 0 Å². The van der Waals surface area contributed by atoms with E-state index in [1.807, 2.05) is 0 Å². The minimum Gasteiger partial charge on any atom is -0.368 e. The average Bonchev–Trinajstić information content (AvgIpc) is 2.30. The highest BCUT2D eigenvalue weighted by atomic mass is 79.9. The number of halogens is 4. The quantitative estimate of drug-likeness (QED) is 0.782. The second-order valence-electron chi connectivity index (χ2n) is 3.30. The number of hydrogen-bond donors (Lipinski definition) is 2. The summed E-state index contributed by atoms with van der Waals surface area (Å²) in [5.41, 5.74) is 5.50. The molecule has 0 aliphatic rings. The molecule has 0 saturated heterocycles. The highest BCUT2D eigenvalue weighted by Crippen LogP contribution is 2.28. The van der Waals surface area contributed by atoms with Gasteiger partial charge in [-0.25, -0.2) is 13.8 Å². The first kappa shape index (κ1) is 13.2. The molecule has 0 saturated carbocycles. The molecular formula is C10H6Br2F2N4. The van der Waals surface area contributed by atoms with Gasteiger partial charge in [0.15, 0.2) is 0 Å². The zero-order chi connectivity index (χ0) is 13.3. The van der Waals surface area contributed by atoms with Crippen molar-refractivity contribution in [3.63, 3.8) is 0 Å². The van der Waals surface area contributed by atoms with Crippen LogP contribution in [-0.2, 0) is 0 Å². The Hall–Kier alpha value is -1.28. The molecule has 94 valence electrons. The number of anilines is 3. The maximum Gasteiger partial charge on any atom is 0.222 e. The average molecular weight is 380 g/mol. The van der Waals surface area contributed by atoms with E-state index in [2.05, 4.69) is 47.1 Å². The molecular weight excluding hydrogens is 374 g/mol. The summed E-state index contributed by atoms with van der Waals surface area (Å²) in [6.07, 6.45) is 1.43. The molecule has 1 aromatic carbocycles. The fourth-order valence-corrected chi connectivity index (χ4v) is 1.85. The monoisotopic (exact) mass is 378 g/mol. The summed E-state index contributed by atoms with van der Waals surface area (Å²) in [5, 5.41) is 2.70. The van der Waals surface area contributed by atoms with Gasteiger partial charge in [-0.05, 0) is 37.9 Å². The van der Waals surface area contributed by atoms with E-state index in [1.165, 1.54) is 12.3 Å². The van der Waals surface area contributed by atoms with Gasteiger partial charge in [-0.1, -0.05) is 0 Å². The van der Waals surface area contributed by atoms with Crippen molar-refractivity contribution in [2.75, 3.05) is 11.1 Å². The van der Waals surface area contributed by atoms with Crippen molar-refractivity contribution in [2.45, 2.75) is 0 Å². The van der Waals surface area contributed by atoms with Crippen molar-refractivity contribution < 1.29 is 8.78 Å².